The second-order valence-electron chi connectivity index (χ2n) is 5.20. The fourth-order valence-electron chi connectivity index (χ4n) is 1.58. The van der Waals surface area contributed by atoms with Crippen molar-refractivity contribution in [2.45, 2.75) is 58.0 Å². The van der Waals surface area contributed by atoms with E-state index in [9.17, 15) is 9.90 Å². The van der Waals surface area contributed by atoms with Gasteiger partial charge >= 0.3 is 6.09 Å². The fourth-order valence-corrected chi connectivity index (χ4v) is 1.58. The molecule has 0 aromatic rings. The maximum atomic E-state index is 11.5. The van der Waals surface area contributed by atoms with Crippen LogP contribution in [0.25, 0.3) is 0 Å². The van der Waals surface area contributed by atoms with Crippen molar-refractivity contribution in [1.29, 1.82) is 0 Å². The quantitative estimate of drug-likeness (QED) is 0.708. The molecule has 0 aromatic heterocycles. The van der Waals surface area contributed by atoms with Crippen LogP contribution in [0, 0.1) is 0 Å². The van der Waals surface area contributed by atoms with Gasteiger partial charge in [0, 0.05) is 0 Å². The van der Waals surface area contributed by atoms with Gasteiger partial charge in [-0.3, -0.25) is 0 Å². The molecule has 0 bridgehead atoms. The molecule has 1 aliphatic rings. The van der Waals surface area contributed by atoms with E-state index in [-0.39, 0.29) is 18.8 Å². The van der Waals surface area contributed by atoms with Gasteiger partial charge in [-0.15, -0.1) is 0 Å². The summed E-state index contributed by atoms with van der Waals surface area (Å²) in [6, 6.07) is -0.293. The van der Waals surface area contributed by atoms with E-state index in [0.29, 0.717) is 6.42 Å². The van der Waals surface area contributed by atoms with Crippen LogP contribution in [0.15, 0.2) is 0 Å². The molecule has 1 saturated heterocycles. The van der Waals surface area contributed by atoms with Gasteiger partial charge in [-0.1, -0.05) is 0 Å². The topological polar surface area (TPSA) is 67.8 Å². The number of carbonyl (C=O) groups is 1. The van der Waals surface area contributed by atoms with Crippen LogP contribution in [-0.4, -0.2) is 41.7 Å². The molecule has 5 nitrogen and oxygen atoms in total. The zero-order valence-electron chi connectivity index (χ0n) is 10.3. The lowest BCUT2D eigenvalue weighted by atomic mass is 10.0. The van der Waals surface area contributed by atoms with Crippen molar-refractivity contribution in [1.82, 2.24) is 5.32 Å². The minimum atomic E-state index is -0.663. The SMILES string of the molecule is CC1CC(NC(=O)OC(C)(C)C)C(O)CO1. The van der Waals surface area contributed by atoms with Gasteiger partial charge in [0.1, 0.15) is 5.60 Å². The second-order valence-corrected chi connectivity index (χ2v) is 5.20. The number of aliphatic hydroxyl groups is 1. The Morgan fingerprint density at radius 1 is 1.50 bits per heavy atom. The summed E-state index contributed by atoms with van der Waals surface area (Å²) in [7, 11) is 0. The molecule has 1 heterocycles. The first-order chi connectivity index (χ1) is 7.28. The van der Waals surface area contributed by atoms with Crippen molar-refractivity contribution in [2.24, 2.45) is 0 Å². The predicted octanol–water partition coefficient (Wildman–Crippen LogP) is 1.05. The molecule has 1 rings (SSSR count). The van der Waals surface area contributed by atoms with Crippen LogP contribution in [-0.2, 0) is 9.47 Å². The number of nitrogens with one attached hydrogen (secondary N) is 1. The molecule has 16 heavy (non-hydrogen) atoms. The summed E-state index contributed by atoms with van der Waals surface area (Å²) < 4.78 is 10.4. The molecular weight excluding hydrogens is 210 g/mol. The standard InChI is InChI=1S/C11H21NO4/c1-7-5-8(9(13)6-15-7)12-10(14)16-11(2,3)4/h7-9,13H,5-6H2,1-4H3,(H,12,14). The number of aliphatic hydroxyl groups excluding tert-OH is 1. The maximum Gasteiger partial charge on any atom is 0.407 e. The third kappa shape index (κ3) is 4.37. The average molecular weight is 231 g/mol. The number of rotatable bonds is 1. The molecule has 1 aliphatic heterocycles. The summed E-state index contributed by atoms with van der Waals surface area (Å²) in [5, 5.41) is 12.3. The predicted molar refractivity (Wildman–Crippen MR) is 59.2 cm³/mol. The summed E-state index contributed by atoms with van der Waals surface area (Å²) in [5.74, 6) is 0. The number of hydrogen-bond donors (Lipinski definition) is 2. The zero-order valence-corrected chi connectivity index (χ0v) is 10.3. The van der Waals surface area contributed by atoms with Crippen molar-refractivity contribution in [3.63, 3.8) is 0 Å². The third-order valence-corrected chi connectivity index (χ3v) is 2.30. The fraction of sp³-hybridized carbons (Fsp3) is 0.909. The Bertz CT molecular complexity index is 249. The molecule has 0 radical (unpaired) electrons. The van der Waals surface area contributed by atoms with Crippen LogP contribution in [0.3, 0.4) is 0 Å². The van der Waals surface area contributed by atoms with Gasteiger partial charge < -0.3 is 19.9 Å². The van der Waals surface area contributed by atoms with Gasteiger partial charge in [0.2, 0.25) is 0 Å². The Balaban J connectivity index is 2.43. The normalized spacial score (nSPS) is 30.9. The first kappa shape index (κ1) is 13.3. The van der Waals surface area contributed by atoms with E-state index in [2.05, 4.69) is 5.32 Å². The van der Waals surface area contributed by atoms with Crippen molar-refractivity contribution >= 4 is 6.09 Å². The van der Waals surface area contributed by atoms with E-state index in [1.165, 1.54) is 0 Å². The maximum absolute atomic E-state index is 11.5. The van der Waals surface area contributed by atoms with E-state index in [0.717, 1.165) is 0 Å². The molecule has 0 aliphatic carbocycles. The molecule has 0 saturated carbocycles. The van der Waals surface area contributed by atoms with Crippen LogP contribution >= 0.6 is 0 Å². The largest absolute Gasteiger partial charge is 0.444 e. The molecule has 0 aromatic carbocycles. The second kappa shape index (κ2) is 5.01. The van der Waals surface area contributed by atoms with Crippen LogP contribution in [0.2, 0.25) is 0 Å². The van der Waals surface area contributed by atoms with Crippen LogP contribution in [0.4, 0.5) is 4.79 Å². The minimum Gasteiger partial charge on any atom is -0.444 e. The molecule has 3 unspecified atom stereocenters. The molecule has 1 amide bonds. The molecule has 0 spiro atoms. The Hall–Kier alpha value is -0.810. The molecular formula is C11H21NO4. The third-order valence-electron chi connectivity index (χ3n) is 2.30. The highest BCUT2D eigenvalue weighted by molar-refractivity contribution is 5.68. The molecule has 2 N–H and O–H groups in total. The number of alkyl carbamates (subject to hydrolysis) is 1. The summed E-state index contributed by atoms with van der Waals surface area (Å²) in [6.45, 7) is 7.57. The number of ether oxygens (including phenoxy) is 2. The summed E-state index contributed by atoms with van der Waals surface area (Å²) in [6.07, 6.45) is -0.516. The van der Waals surface area contributed by atoms with E-state index in [1.807, 2.05) is 6.92 Å². The van der Waals surface area contributed by atoms with Crippen molar-refractivity contribution in [3.05, 3.63) is 0 Å². The molecule has 94 valence electrons. The van der Waals surface area contributed by atoms with Crippen LogP contribution in [0.1, 0.15) is 34.1 Å². The lowest BCUT2D eigenvalue weighted by Crippen LogP contribution is -2.51. The van der Waals surface area contributed by atoms with Gasteiger partial charge in [0.05, 0.1) is 24.9 Å². The zero-order chi connectivity index (χ0) is 12.3. The highest BCUT2D eigenvalue weighted by Gasteiger charge is 2.30. The van der Waals surface area contributed by atoms with E-state index in [1.54, 1.807) is 20.8 Å². The van der Waals surface area contributed by atoms with E-state index < -0.39 is 17.8 Å². The van der Waals surface area contributed by atoms with Gasteiger partial charge in [-0.2, -0.15) is 0 Å². The van der Waals surface area contributed by atoms with Crippen molar-refractivity contribution < 1.29 is 19.4 Å². The lowest BCUT2D eigenvalue weighted by molar-refractivity contribution is -0.0670. The van der Waals surface area contributed by atoms with Crippen LogP contribution < -0.4 is 5.32 Å². The first-order valence-electron chi connectivity index (χ1n) is 5.57. The molecule has 1 fully saturated rings. The Kier molecular flexibility index (Phi) is 4.15. The molecule has 5 heteroatoms. The van der Waals surface area contributed by atoms with E-state index in [4.69, 9.17) is 9.47 Å². The summed E-state index contributed by atoms with van der Waals surface area (Å²) in [5.41, 5.74) is -0.522. The molecule has 3 atom stereocenters. The van der Waals surface area contributed by atoms with Gasteiger partial charge in [-0.25, -0.2) is 4.79 Å². The number of carbonyl (C=O) groups excluding carboxylic acids is 1. The summed E-state index contributed by atoms with van der Waals surface area (Å²) >= 11 is 0. The van der Waals surface area contributed by atoms with Crippen LogP contribution in [0.5, 0.6) is 0 Å². The Morgan fingerprint density at radius 2 is 2.12 bits per heavy atom. The van der Waals surface area contributed by atoms with Gasteiger partial charge in [0.15, 0.2) is 0 Å². The highest BCUT2D eigenvalue weighted by Crippen LogP contribution is 2.15. The Labute approximate surface area is 96.1 Å². The Morgan fingerprint density at radius 3 is 2.69 bits per heavy atom. The van der Waals surface area contributed by atoms with Crippen molar-refractivity contribution in [3.8, 4) is 0 Å². The monoisotopic (exact) mass is 231 g/mol. The van der Waals surface area contributed by atoms with Crippen molar-refractivity contribution in [2.75, 3.05) is 6.61 Å². The summed E-state index contributed by atoms with van der Waals surface area (Å²) in [4.78, 5) is 11.5. The van der Waals surface area contributed by atoms with E-state index >= 15 is 0 Å². The highest BCUT2D eigenvalue weighted by atomic mass is 16.6. The lowest BCUT2D eigenvalue weighted by Gasteiger charge is -2.32. The first-order valence-corrected chi connectivity index (χ1v) is 5.57. The van der Waals surface area contributed by atoms with Gasteiger partial charge in [0.25, 0.3) is 0 Å². The number of amides is 1. The van der Waals surface area contributed by atoms with Gasteiger partial charge in [-0.05, 0) is 34.1 Å². The smallest absolute Gasteiger partial charge is 0.407 e. The average Bonchev–Trinajstić information content (AvgIpc) is 2.08. The minimum absolute atomic E-state index is 0.0448. The number of hydrogen-bond acceptors (Lipinski definition) is 4.